The number of hydrogen-bond donors (Lipinski definition) is 0. The molecule has 133 heavy (non-hydrogen) atoms. The first-order valence-electron chi connectivity index (χ1n) is 46.9. The van der Waals surface area contributed by atoms with E-state index in [4.69, 9.17) is 0 Å². The van der Waals surface area contributed by atoms with Crippen LogP contribution in [0.25, 0.3) is 231 Å². The second-order valence-corrected chi connectivity index (χ2v) is 38.3. The van der Waals surface area contributed by atoms with Crippen LogP contribution in [0.3, 0.4) is 0 Å². The number of rotatable bonds is 11. The van der Waals surface area contributed by atoms with Gasteiger partial charge in [0.05, 0.1) is 0 Å². The molecule has 23 aromatic rings. The third kappa shape index (κ3) is 12.8. The first kappa shape index (κ1) is 79.1. The fourth-order valence-corrected chi connectivity index (χ4v) is 23.4. The Morgan fingerprint density at radius 3 is 0.669 bits per heavy atom. The highest BCUT2D eigenvalue weighted by Crippen LogP contribution is 2.57. The van der Waals surface area contributed by atoms with Crippen LogP contribution in [-0.2, 0) is 16.2 Å². The molecule has 0 bridgehead atoms. The Bertz CT molecular complexity index is 8640. The van der Waals surface area contributed by atoms with E-state index in [9.17, 15) is 0 Å². The van der Waals surface area contributed by atoms with Gasteiger partial charge < -0.3 is 0 Å². The molecule has 0 spiro atoms. The maximum absolute atomic E-state index is 2.51. The van der Waals surface area contributed by atoms with Crippen molar-refractivity contribution in [1.82, 2.24) is 0 Å². The quantitative estimate of drug-likeness (QED) is 0.113. The van der Waals surface area contributed by atoms with E-state index in [-0.39, 0.29) is 16.2 Å². The van der Waals surface area contributed by atoms with E-state index < -0.39 is 0 Å². The lowest BCUT2D eigenvalue weighted by molar-refractivity contribution is 0.660. The summed E-state index contributed by atoms with van der Waals surface area (Å²) in [5.74, 6) is 0. The molecule has 0 nitrogen and oxygen atoms in total. The zero-order chi connectivity index (χ0) is 89.0. The van der Waals surface area contributed by atoms with Gasteiger partial charge in [0.1, 0.15) is 0 Å². The summed E-state index contributed by atoms with van der Waals surface area (Å²) >= 11 is 0. The highest BCUT2D eigenvalue weighted by molar-refractivity contribution is 6.25. The minimum Gasteiger partial charge on any atom is -0.0622 e. The fourth-order valence-electron chi connectivity index (χ4n) is 23.4. The molecule has 3 aliphatic rings. The largest absolute Gasteiger partial charge is 0.0622 e. The zero-order valence-electron chi connectivity index (χ0n) is 75.4. The van der Waals surface area contributed by atoms with Crippen molar-refractivity contribution in [3.63, 3.8) is 0 Å². The maximum Gasteiger partial charge on any atom is 0.0159 e. The van der Waals surface area contributed by atoms with E-state index in [2.05, 4.69) is 503 Å². The summed E-state index contributed by atoms with van der Waals surface area (Å²) in [4.78, 5) is 0. The van der Waals surface area contributed by atoms with Crippen molar-refractivity contribution in [2.75, 3.05) is 0 Å². The summed E-state index contributed by atoms with van der Waals surface area (Å²) in [5.41, 5.74) is 43.4. The van der Waals surface area contributed by atoms with Crippen LogP contribution >= 0.6 is 0 Å². The van der Waals surface area contributed by atoms with Gasteiger partial charge in [0.15, 0.2) is 0 Å². The fraction of sp³-hybridized carbons (Fsp3) is 0.0677. The molecule has 0 atom stereocenters. The van der Waals surface area contributed by atoms with Crippen LogP contribution in [0.1, 0.15) is 74.9 Å². The van der Waals surface area contributed by atoms with Crippen molar-refractivity contribution < 1.29 is 0 Å². The van der Waals surface area contributed by atoms with Crippen LogP contribution < -0.4 is 0 Å². The number of fused-ring (bicyclic) bond motifs is 16. The molecule has 3 aliphatic carbocycles. The van der Waals surface area contributed by atoms with Crippen LogP contribution in [0.5, 0.6) is 0 Å². The average molecular weight is 1690 g/mol. The van der Waals surface area contributed by atoms with Crippen molar-refractivity contribution in [1.29, 1.82) is 0 Å². The monoisotopic (exact) mass is 1690 g/mol. The normalized spacial score (nSPS) is 13.4. The van der Waals surface area contributed by atoms with Gasteiger partial charge in [-0.05, 0) is 295 Å². The van der Waals surface area contributed by atoms with Gasteiger partial charge in [0.25, 0.3) is 0 Å². The van der Waals surface area contributed by atoms with Gasteiger partial charge in [-0.15, -0.1) is 0 Å². The summed E-state index contributed by atoms with van der Waals surface area (Å²) in [6.07, 6.45) is 0. The smallest absolute Gasteiger partial charge is 0.0159 e. The summed E-state index contributed by atoms with van der Waals surface area (Å²) in [6.45, 7) is 14.3. The Morgan fingerprint density at radius 2 is 0.323 bits per heavy atom. The molecule has 26 rings (SSSR count). The van der Waals surface area contributed by atoms with E-state index in [1.54, 1.807) is 0 Å². The first-order valence-corrected chi connectivity index (χ1v) is 46.9. The van der Waals surface area contributed by atoms with Crippen molar-refractivity contribution >= 4 is 75.4 Å². The molecule has 0 amide bonds. The van der Waals surface area contributed by atoms with E-state index in [0.717, 1.165) is 0 Å². The first-order chi connectivity index (χ1) is 65.2. The summed E-state index contributed by atoms with van der Waals surface area (Å²) in [6, 6.07) is 172. The molecule has 23 aromatic carbocycles. The highest BCUT2D eigenvalue weighted by Gasteiger charge is 2.39. The SMILES string of the molecule is CC1(C)c2ccccc2-c2ccc(-c3c4ccccc4c(-c4ccc(-c5ccc6c(-c7ccc8c(c7)C(C)(C)c7ccccc7-8)c7ccccc7c(-c7ccc8c(c7)C(C)(C)c7ccccc7-8)c6c5)cc4)c4ccccc34)cc21.c1ccc(-c2ccc(-c3c4ccccc4c(-c4ccc(-c5ccccc5)cc4)c4cc(-c5ccc(-c6cccc7ccccc67)cc5)ccc34)cc2)cc1. The van der Waals surface area contributed by atoms with Crippen molar-refractivity contribution in [2.45, 2.75) is 57.8 Å². The van der Waals surface area contributed by atoms with Crippen molar-refractivity contribution in [2.24, 2.45) is 0 Å². The molecule has 626 valence electrons. The van der Waals surface area contributed by atoms with Gasteiger partial charge >= 0.3 is 0 Å². The zero-order valence-corrected chi connectivity index (χ0v) is 75.4. The molecule has 0 fully saturated rings. The molecule has 0 aromatic heterocycles. The van der Waals surface area contributed by atoms with Gasteiger partial charge in [0, 0.05) is 16.2 Å². The summed E-state index contributed by atoms with van der Waals surface area (Å²) in [7, 11) is 0. The van der Waals surface area contributed by atoms with Gasteiger partial charge in [-0.3, -0.25) is 0 Å². The second-order valence-electron chi connectivity index (χ2n) is 38.3. The second kappa shape index (κ2) is 31.1. The Kier molecular flexibility index (Phi) is 18.5. The van der Waals surface area contributed by atoms with Crippen LogP contribution in [0.2, 0.25) is 0 Å². The standard InChI is InChI=1S/C79H58.C54H36/c1-77(2)67-28-16-13-19-53(67)56-39-36-50(44-70(56)77)74-61-24-9-7-22-59(61)73(60-23-8-10-25-62(60)74)48-33-31-47(32-34-48)49-35-42-65-66(43-49)76(52-38-41-58-55-21-15-18-30-69(55)79(5,6)72(58)46-52)64-27-12-11-26-63(64)75(65)51-37-40-57-54-20-14-17-29-68(54)78(3,4)71(57)45-51;1-3-12-37(13-4-1)39-24-30-44(31-25-39)53-49-19-9-10-20-50(49)54(45-32-26-40(27-33-45)38-14-5-2-6-15-38)52-36-46(34-35-51(52)53)41-22-28-43(29-23-41)48-21-11-17-42-16-7-8-18-47(42)48/h7-46H,1-6H3;1-36H. The molecule has 0 unspecified atom stereocenters. The average Bonchev–Trinajstić information content (AvgIpc) is 1.71. The van der Waals surface area contributed by atoms with Crippen molar-refractivity contribution in [3.8, 4) is 156 Å². The van der Waals surface area contributed by atoms with Crippen molar-refractivity contribution in [3.05, 3.63) is 494 Å². The lowest BCUT2D eigenvalue weighted by atomic mass is 9.79. The molecule has 0 aliphatic heterocycles. The molecule has 0 radical (unpaired) electrons. The third-order valence-electron chi connectivity index (χ3n) is 30.0. The van der Waals surface area contributed by atoms with E-state index in [1.807, 2.05) is 0 Å². The van der Waals surface area contributed by atoms with Gasteiger partial charge in [-0.1, -0.05) is 472 Å². The Morgan fingerprint density at radius 1 is 0.113 bits per heavy atom. The summed E-state index contributed by atoms with van der Waals surface area (Å²) in [5, 5.41) is 17.7. The van der Waals surface area contributed by atoms with Gasteiger partial charge in [-0.25, -0.2) is 0 Å². The lowest BCUT2D eigenvalue weighted by Gasteiger charge is -2.24. The lowest BCUT2D eigenvalue weighted by Crippen LogP contribution is -2.15. The molecular formula is C133H94. The van der Waals surface area contributed by atoms with Crippen LogP contribution in [0.4, 0.5) is 0 Å². The van der Waals surface area contributed by atoms with Crippen LogP contribution in [0.15, 0.2) is 461 Å². The van der Waals surface area contributed by atoms with Crippen LogP contribution in [-0.4, -0.2) is 0 Å². The third-order valence-corrected chi connectivity index (χ3v) is 30.0. The van der Waals surface area contributed by atoms with E-state index >= 15 is 0 Å². The Labute approximate surface area is 777 Å². The predicted octanol–water partition coefficient (Wildman–Crippen LogP) is 36.7. The highest BCUT2D eigenvalue weighted by atomic mass is 14.4. The topological polar surface area (TPSA) is 0 Å². The Hall–Kier alpha value is -16.1. The minimum atomic E-state index is -0.127. The van der Waals surface area contributed by atoms with Crippen LogP contribution in [0, 0.1) is 0 Å². The van der Waals surface area contributed by atoms with E-state index in [0.29, 0.717) is 0 Å². The number of benzene rings is 23. The maximum atomic E-state index is 2.51. The number of hydrogen-bond acceptors (Lipinski definition) is 0. The molecule has 0 saturated carbocycles. The molecular weight excluding hydrogens is 1600 g/mol. The van der Waals surface area contributed by atoms with E-state index in [1.165, 1.54) is 265 Å². The van der Waals surface area contributed by atoms with Gasteiger partial charge in [0.2, 0.25) is 0 Å². The molecule has 0 heterocycles. The molecule has 0 N–H and O–H groups in total. The Balaban J connectivity index is 0.000000153. The molecule has 0 heteroatoms. The molecule has 0 saturated heterocycles. The predicted molar refractivity (Wildman–Crippen MR) is 568 cm³/mol. The summed E-state index contributed by atoms with van der Waals surface area (Å²) < 4.78 is 0. The van der Waals surface area contributed by atoms with Gasteiger partial charge in [-0.2, -0.15) is 0 Å². The minimum absolute atomic E-state index is 0.0862.